The van der Waals surface area contributed by atoms with Gasteiger partial charge in [0, 0.05) is 6.92 Å². The summed E-state index contributed by atoms with van der Waals surface area (Å²) >= 11 is 2.93. The van der Waals surface area contributed by atoms with E-state index in [1.165, 1.54) is 30.0 Å². The highest BCUT2D eigenvalue weighted by Crippen LogP contribution is 2.41. The molecule has 1 aromatic carbocycles. The van der Waals surface area contributed by atoms with Crippen LogP contribution >= 0.6 is 23.1 Å². The van der Waals surface area contributed by atoms with E-state index in [2.05, 4.69) is 15.6 Å². The number of nitrogens with zero attached hydrogens (tertiary/aromatic N) is 1. The summed E-state index contributed by atoms with van der Waals surface area (Å²) < 4.78 is 1.00. The second kappa shape index (κ2) is 4.25. The summed E-state index contributed by atoms with van der Waals surface area (Å²) in [5.74, 6) is 0.293. The van der Waals surface area contributed by atoms with Crippen molar-refractivity contribution in [1.29, 1.82) is 0 Å². The highest BCUT2D eigenvalue weighted by Gasteiger charge is 2.20. The van der Waals surface area contributed by atoms with Crippen LogP contribution in [0.15, 0.2) is 17.0 Å². The van der Waals surface area contributed by atoms with Crippen molar-refractivity contribution in [2.24, 2.45) is 0 Å². The maximum absolute atomic E-state index is 11.3. The number of carbonyl (C=O) groups is 2. The number of nitrogens with one attached hydrogen (secondary N) is 2. The first-order valence-corrected chi connectivity index (χ1v) is 7.07. The number of thioether (sulfide) groups is 1. The van der Waals surface area contributed by atoms with Crippen LogP contribution in [-0.2, 0) is 9.59 Å². The zero-order valence-electron chi connectivity index (χ0n) is 9.44. The number of thiazole rings is 1. The zero-order chi connectivity index (χ0) is 12.7. The first kappa shape index (κ1) is 11.5. The van der Waals surface area contributed by atoms with Gasteiger partial charge in [-0.2, -0.15) is 0 Å². The predicted octanol–water partition coefficient (Wildman–Crippen LogP) is 2.30. The average molecular weight is 279 g/mol. The van der Waals surface area contributed by atoms with E-state index in [0.717, 1.165) is 20.8 Å². The van der Waals surface area contributed by atoms with E-state index in [4.69, 9.17) is 0 Å². The van der Waals surface area contributed by atoms with Crippen molar-refractivity contribution in [1.82, 2.24) is 4.98 Å². The Morgan fingerprint density at radius 1 is 1.50 bits per heavy atom. The molecular weight excluding hydrogens is 270 g/mol. The number of benzene rings is 1. The smallest absolute Gasteiger partial charge is 0.234 e. The Kier molecular flexibility index (Phi) is 2.71. The van der Waals surface area contributed by atoms with Crippen molar-refractivity contribution < 1.29 is 9.59 Å². The third-order valence-corrected chi connectivity index (χ3v) is 4.67. The topological polar surface area (TPSA) is 71.1 Å². The summed E-state index contributed by atoms with van der Waals surface area (Å²) in [4.78, 5) is 27.7. The normalized spacial score (nSPS) is 14.2. The summed E-state index contributed by atoms with van der Waals surface area (Å²) in [6.45, 7) is 1.45. The zero-order valence-corrected chi connectivity index (χ0v) is 11.1. The number of hydrogen-bond acceptors (Lipinski definition) is 5. The SMILES string of the molecule is CC(=O)Nc1nc2ccc3c(c2s1)SCC(=O)N3. The molecule has 7 heteroatoms. The average Bonchev–Trinajstić information content (AvgIpc) is 2.70. The Hall–Kier alpha value is -1.60. The van der Waals surface area contributed by atoms with Crippen molar-refractivity contribution in [2.45, 2.75) is 11.8 Å². The van der Waals surface area contributed by atoms with Gasteiger partial charge in [0.2, 0.25) is 11.8 Å². The predicted molar refractivity (Wildman–Crippen MR) is 73.3 cm³/mol. The number of anilines is 2. The Morgan fingerprint density at radius 2 is 2.33 bits per heavy atom. The van der Waals surface area contributed by atoms with Gasteiger partial charge in [-0.25, -0.2) is 4.98 Å². The number of aromatic nitrogens is 1. The molecule has 0 radical (unpaired) electrons. The Labute approximate surface area is 111 Å². The maximum atomic E-state index is 11.3. The number of hydrogen-bond donors (Lipinski definition) is 2. The maximum Gasteiger partial charge on any atom is 0.234 e. The van der Waals surface area contributed by atoms with Crippen LogP contribution in [0.1, 0.15) is 6.92 Å². The molecule has 0 saturated carbocycles. The molecule has 2 amide bonds. The van der Waals surface area contributed by atoms with Crippen LogP contribution in [0.25, 0.3) is 10.2 Å². The van der Waals surface area contributed by atoms with Gasteiger partial charge in [-0.05, 0) is 12.1 Å². The molecule has 1 aliphatic heterocycles. The fourth-order valence-corrected chi connectivity index (χ4v) is 3.85. The van der Waals surface area contributed by atoms with Crippen molar-refractivity contribution in [2.75, 3.05) is 16.4 Å². The van der Waals surface area contributed by atoms with E-state index in [9.17, 15) is 9.59 Å². The Balaban J connectivity index is 2.11. The van der Waals surface area contributed by atoms with Crippen molar-refractivity contribution in [3.8, 4) is 0 Å². The van der Waals surface area contributed by atoms with Gasteiger partial charge < -0.3 is 10.6 Å². The van der Waals surface area contributed by atoms with Crippen molar-refractivity contribution in [3.63, 3.8) is 0 Å². The molecule has 0 aliphatic carbocycles. The first-order valence-electron chi connectivity index (χ1n) is 5.27. The third-order valence-electron chi connectivity index (χ3n) is 2.42. The lowest BCUT2D eigenvalue weighted by Crippen LogP contribution is -2.18. The molecule has 1 aliphatic rings. The molecule has 3 rings (SSSR count). The van der Waals surface area contributed by atoms with Gasteiger partial charge in [-0.15, -0.1) is 11.8 Å². The van der Waals surface area contributed by atoms with Crippen LogP contribution in [0.5, 0.6) is 0 Å². The minimum absolute atomic E-state index is 0.0125. The lowest BCUT2D eigenvalue weighted by molar-refractivity contribution is -0.114. The Bertz CT molecular complexity index is 666. The molecule has 0 atom stereocenters. The number of carbonyl (C=O) groups excluding carboxylic acids is 2. The molecule has 0 spiro atoms. The van der Waals surface area contributed by atoms with E-state index in [0.29, 0.717) is 10.9 Å². The molecule has 0 saturated heterocycles. The van der Waals surface area contributed by atoms with E-state index < -0.39 is 0 Å². The van der Waals surface area contributed by atoms with Crippen LogP contribution in [-0.4, -0.2) is 22.6 Å². The molecule has 18 heavy (non-hydrogen) atoms. The van der Waals surface area contributed by atoms with Gasteiger partial charge in [0.25, 0.3) is 0 Å². The van der Waals surface area contributed by atoms with Gasteiger partial charge in [-0.1, -0.05) is 11.3 Å². The molecule has 0 fully saturated rings. The summed E-state index contributed by atoms with van der Waals surface area (Å²) in [5, 5.41) is 6.10. The fraction of sp³-hybridized carbons (Fsp3) is 0.182. The van der Waals surface area contributed by atoms with Gasteiger partial charge in [0.1, 0.15) is 0 Å². The van der Waals surface area contributed by atoms with E-state index >= 15 is 0 Å². The highest BCUT2D eigenvalue weighted by atomic mass is 32.2. The number of fused-ring (bicyclic) bond motifs is 3. The molecule has 5 nitrogen and oxygen atoms in total. The van der Waals surface area contributed by atoms with Crippen LogP contribution in [0.3, 0.4) is 0 Å². The van der Waals surface area contributed by atoms with E-state index in [-0.39, 0.29) is 11.8 Å². The van der Waals surface area contributed by atoms with Crippen LogP contribution in [0, 0.1) is 0 Å². The largest absolute Gasteiger partial charge is 0.324 e. The number of rotatable bonds is 1. The number of amides is 2. The molecule has 2 aromatic rings. The van der Waals surface area contributed by atoms with Crippen LogP contribution in [0.2, 0.25) is 0 Å². The summed E-state index contributed by atoms with van der Waals surface area (Å²) in [7, 11) is 0. The standard InChI is InChI=1S/C11H9N3O2S2/c1-5(15)12-11-14-7-3-2-6-9(10(7)18-11)17-4-8(16)13-6/h2-3H,4H2,1H3,(H,13,16)(H,12,14,15). The highest BCUT2D eigenvalue weighted by molar-refractivity contribution is 8.00. The molecule has 92 valence electrons. The van der Waals surface area contributed by atoms with Gasteiger partial charge in [-0.3, -0.25) is 9.59 Å². The molecule has 1 aromatic heterocycles. The minimum atomic E-state index is -0.135. The molecule has 2 heterocycles. The molecule has 2 N–H and O–H groups in total. The molecule has 0 bridgehead atoms. The second-order valence-electron chi connectivity index (χ2n) is 3.83. The minimum Gasteiger partial charge on any atom is -0.324 e. The van der Waals surface area contributed by atoms with E-state index in [1.807, 2.05) is 12.1 Å². The van der Waals surface area contributed by atoms with Gasteiger partial charge >= 0.3 is 0 Å². The quantitative estimate of drug-likeness (QED) is 0.840. The van der Waals surface area contributed by atoms with Gasteiger partial charge in [0.05, 0.1) is 26.6 Å². The van der Waals surface area contributed by atoms with Crippen molar-refractivity contribution in [3.05, 3.63) is 12.1 Å². The van der Waals surface area contributed by atoms with E-state index in [1.54, 1.807) is 0 Å². The van der Waals surface area contributed by atoms with Crippen LogP contribution in [0.4, 0.5) is 10.8 Å². The summed E-state index contributed by atoms with van der Waals surface area (Å²) in [5.41, 5.74) is 1.66. The van der Waals surface area contributed by atoms with Crippen LogP contribution < -0.4 is 10.6 Å². The second-order valence-corrected chi connectivity index (χ2v) is 5.81. The molecule has 0 unspecified atom stereocenters. The summed E-state index contributed by atoms with van der Waals surface area (Å²) in [6, 6.07) is 3.70. The monoisotopic (exact) mass is 279 g/mol. The molecular formula is C11H9N3O2S2. The third kappa shape index (κ3) is 1.95. The first-order chi connectivity index (χ1) is 8.63. The van der Waals surface area contributed by atoms with Gasteiger partial charge in [0.15, 0.2) is 5.13 Å². The summed E-state index contributed by atoms with van der Waals surface area (Å²) in [6.07, 6.45) is 0. The Morgan fingerprint density at radius 3 is 3.11 bits per heavy atom. The lowest BCUT2D eigenvalue weighted by Gasteiger charge is -2.15. The lowest BCUT2D eigenvalue weighted by atomic mass is 10.3. The fourth-order valence-electron chi connectivity index (χ4n) is 1.74. The van der Waals surface area contributed by atoms with Crippen molar-refractivity contribution >= 4 is 55.9 Å².